The number of carbonyl (C=O) groups is 2. The minimum atomic E-state index is -1.44. The maximum atomic E-state index is 11.7. The van der Waals surface area contributed by atoms with Crippen molar-refractivity contribution in [2.24, 2.45) is 0 Å². The van der Waals surface area contributed by atoms with E-state index in [0.717, 1.165) is 7.11 Å². The van der Waals surface area contributed by atoms with Crippen molar-refractivity contribution >= 4 is 29.2 Å². The van der Waals surface area contributed by atoms with Crippen LogP contribution in [0, 0.1) is 0 Å². The molecular weight excluding hydrogens is 262 g/mol. The predicted octanol–water partition coefficient (Wildman–Crippen LogP) is -0.419. The molecule has 0 bridgehead atoms. The van der Waals surface area contributed by atoms with Gasteiger partial charge in [0.05, 0.1) is 31.1 Å². The SMILES string of the molecule is COC(=O)C(O)CNC(=O)c1cc(N)cnc1Cl. The number of anilines is 1. The second-order valence-electron chi connectivity index (χ2n) is 3.36. The molecule has 98 valence electrons. The van der Waals surface area contributed by atoms with Gasteiger partial charge in [-0.05, 0) is 6.07 Å². The number of nitrogen functional groups attached to an aromatic ring is 1. The number of nitrogens with zero attached hydrogens (tertiary/aromatic N) is 1. The Morgan fingerprint density at radius 3 is 2.94 bits per heavy atom. The molecule has 1 rings (SSSR count). The third-order valence-electron chi connectivity index (χ3n) is 2.03. The minimum Gasteiger partial charge on any atom is -0.467 e. The number of methoxy groups -OCH3 is 1. The van der Waals surface area contributed by atoms with Gasteiger partial charge in [-0.15, -0.1) is 0 Å². The molecule has 0 aliphatic rings. The number of amides is 1. The van der Waals surface area contributed by atoms with Crippen molar-refractivity contribution in [2.45, 2.75) is 6.10 Å². The summed E-state index contributed by atoms with van der Waals surface area (Å²) in [7, 11) is 1.13. The number of aromatic nitrogens is 1. The molecule has 1 heterocycles. The first-order valence-electron chi connectivity index (χ1n) is 4.90. The van der Waals surface area contributed by atoms with Gasteiger partial charge in [0.1, 0.15) is 5.15 Å². The highest BCUT2D eigenvalue weighted by Gasteiger charge is 2.18. The van der Waals surface area contributed by atoms with Crippen molar-refractivity contribution in [1.29, 1.82) is 0 Å². The number of nitrogens with one attached hydrogen (secondary N) is 1. The van der Waals surface area contributed by atoms with Crippen molar-refractivity contribution in [3.63, 3.8) is 0 Å². The van der Waals surface area contributed by atoms with Crippen LogP contribution in [0.2, 0.25) is 5.15 Å². The zero-order chi connectivity index (χ0) is 13.7. The summed E-state index contributed by atoms with van der Waals surface area (Å²) in [5.41, 5.74) is 5.81. The van der Waals surface area contributed by atoms with Gasteiger partial charge in [-0.2, -0.15) is 0 Å². The molecule has 0 spiro atoms. The summed E-state index contributed by atoms with van der Waals surface area (Å²) in [6, 6.07) is 1.34. The Kier molecular flexibility index (Phi) is 4.87. The van der Waals surface area contributed by atoms with E-state index < -0.39 is 18.0 Å². The highest BCUT2D eigenvalue weighted by atomic mass is 35.5. The van der Waals surface area contributed by atoms with E-state index in [2.05, 4.69) is 15.0 Å². The number of ether oxygens (including phenoxy) is 1. The van der Waals surface area contributed by atoms with E-state index in [1.54, 1.807) is 0 Å². The molecule has 18 heavy (non-hydrogen) atoms. The zero-order valence-electron chi connectivity index (χ0n) is 9.51. The number of rotatable bonds is 4. The van der Waals surface area contributed by atoms with Crippen molar-refractivity contribution in [3.05, 3.63) is 23.0 Å². The van der Waals surface area contributed by atoms with E-state index in [1.165, 1.54) is 12.3 Å². The van der Waals surface area contributed by atoms with Crippen LogP contribution in [0.15, 0.2) is 12.3 Å². The topological polar surface area (TPSA) is 115 Å². The summed E-state index contributed by atoms with van der Waals surface area (Å²) < 4.78 is 4.29. The molecule has 0 radical (unpaired) electrons. The van der Waals surface area contributed by atoms with E-state index >= 15 is 0 Å². The lowest BCUT2D eigenvalue weighted by Gasteiger charge is -2.10. The quantitative estimate of drug-likeness (QED) is 0.507. The molecule has 7 nitrogen and oxygen atoms in total. The van der Waals surface area contributed by atoms with E-state index in [0.29, 0.717) is 0 Å². The summed E-state index contributed by atoms with van der Waals surface area (Å²) in [6.07, 6.45) is -0.130. The van der Waals surface area contributed by atoms with Crippen LogP contribution in [0.5, 0.6) is 0 Å². The Labute approximate surface area is 108 Å². The van der Waals surface area contributed by atoms with Crippen LogP contribution >= 0.6 is 11.6 Å². The first-order valence-corrected chi connectivity index (χ1v) is 5.28. The third-order valence-corrected chi connectivity index (χ3v) is 2.34. The van der Waals surface area contributed by atoms with E-state index in [9.17, 15) is 14.7 Å². The van der Waals surface area contributed by atoms with E-state index in [-0.39, 0.29) is 22.9 Å². The average Bonchev–Trinajstić information content (AvgIpc) is 2.37. The summed E-state index contributed by atoms with van der Waals surface area (Å²) in [6.45, 7) is -0.295. The van der Waals surface area contributed by atoms with Gasteiger partial charge >= 0.3 is 5.97 Å². The summed E-state index contributed by atoms with van der Waals surface area (Å²) in [4.78, 5) is 26.3. The van der Waals surface area contributed by atoms with Gasteiger partial charge in [-0.3, -0.25) is 4.79 Å². The number of esters is 1. The summed E-state index contributed by atoms with van der Waals surface area (Å²) in [5.74, 6) is -1.44. The van der Waals surface area contributed by atoms with Gasteiger partial charge < -0.3 is 20.9 Å². The molecule has 1 atom stereocenters. The standard InChI is InChI=1S/C10H12ClN3O4/c1-18-10(17)7(15)4-14-9(16)6-2-5(12)3-13-8(6)11/h2-3,7,15H,4,12H2,1H3,(H,14,16). The van der Waals surface area contributed by atoms with Gasteiger partial charge in [0, 0.05) is 0 Å². The van der Waals surface area contributed by atoms with Gasteiger partial charge in [-0.1, -0.05) is 11.6 Å². The zero-order valence-corrected chi connectivity index (χ0v) is 10.3. The minimum absolute atomic E-state index is 0.0192. The molecule has 0 aromatic carbocycles. The fraction of sp³-hybridized carbons (Fsp3) is 0.300. The molecule has 4 N–H and O–H groups in total. The van der Waals surface area contributed by atoms with Crippen LogP contribution in [0.25, 0.3) is 0 Å². The molecule has 0 aliphatic heterocycles. The summed E-state index contributed by atoms with van der Waals surface area (Å²) >= 11 is 5.71. The molecule has 0 saturated carbocycles. The number of carbonyl (C=O) groups excluding carboxylic acids is 2. The molecule has 0 saturated heterocycles. The van der Waals surface area contributed by atoms with Gasteiger partial charge in [-0.25, -0.2) is 9.78 Å². The van der Waals surface area contributed by atoms with Crippen LogP contribution < -0.4 is 11.1 Å². The molecule has 1 unspecified atom stereocenters. The number of hydrogen-bond donors (Lipinski definition) is 3. The number of aliphatic hydroxyl groups excluding tert-OH is 1. The van der Waals surface area contributed by atoms with E-state index in [1.807, 2.05) is 0 Å². The number of nitrogens with two attached hydrogens (primary N) is 1. The van der Waals surface area contributed by atoms with Crippen molar-refractivity contribution in [2.75, 3.05) is 19.4 Å². The monoisotopic (exact) mass is 273 g/mol. The van der Waals surface area contributed by atoms with Crippen LogP contribution in [0.4, 0.5) is 5.69 Å². The molecule has 1 aromatic heterocycles. The van der Waals surface area contributed by atoms with Crippen molar-refractivity contribution < 1.29 is 19.4 Å². The molecule has 8 heteroatoms. The molecule has 1 amide bonds. The van der Waals surface area contributed by atoms with E-state index in [4.69, 9.17) is 17.3 Å². The highest BCUT2D eigenvalue weighted by molar-refractivity contribution is 6.32. The second-order valence-corrected chi connectivity index (χ2v) is 3.71. The highest BCUT2D eigenvalue weighted by Crippen LogP contribution is 2.15. The normalized spacial score (nSPS) is 11.7. The smallest absolute Gasteiger partial charge is 0.336 e. The fourth-order valence-electron chi connectivity index (χ4n) is 1.13. The number of hydrogen-bond acceptors (Lipinski definition) is 6. The summed E-state index contributed by atoms with van der Waals surface area (Å²) in [5, 5.41) is 11.6. The van der Waals surface area contributed by atoms with Gasteiger partial charge in [0.15, 0.2) is 6.10 Å². The van der Waals surface area contributed by atoms with Crippen LogP contribution in [-0.4, -0.2) is 41.7 Å². The van der Waals surface area contributed by atoms with Crippen molar-refractivity contribution in [3.8, 4) is 0 Å². The number of halogens is 1. The lowest BCUT2D eigenvalue weighted by molar-refractivity contribution is -0.149. The van der Waals surface area contributed by atoms with Crippen molar-refractivity contribution in [1.82, 2.24) is 10.3 Å². The number of aliphatic hydroxyl groups is 1. The largest absolute Gasteiger partial charge is 0.467 e. The Morgan fingerprint density at radius 1 is 1.67 bits per heavy atom. The van der Waals surface area contributed by atoms with Crippen LogP contribution in [-0.2, 0) is 9.53 Å². The maximum absolute atomic E-state index is 11.7. The first kappa shape index (κ1) is 14.2. The van der Waals surface area contributed by atoms with Crippen LogP contribution in [0.1, 0.15) is 10.4 Å². The molecular formula is C10H12ClN3O4. The third kappa shape index (κ3) is 3.57. The fourth-order valence-corrected chi connectivity index (χ4v) is 1.32. The average molecular weight is 274 g/mol. The Hall–Kier alpha value is -1.86. The Balaban J connectivity index is 2.66. The first-order chi connectivity index (χ1) is 8.45. The lowest BCUT2D eigenvalue weighted by atomic mass is 10.2. The number of pyridine rings is 1. The molecule has 0 aliphatic carbocycles. The van der Waals surface area contributed by atoms with Gasteiger partial charge in [0.25, 0.3) is 5.91 Å². The Bertz CT molecular complexity index is 466. The molecule has 1 aromatic rings. The second kappa shape index (κ2) is 6.18. The lowest BCUT2D eigenvalue weighted by Crippen LogP contribution is -2.37. The molecule has 0 fully saturated rings. The van der Waals surface area contributed by atoms with Gasteiger partial charge in [0.2, 0.25) is 0 Å². The predicted molar refractivity (Wildman–Crippen MR) is 64.0 cm³/mol. The Morgan fingerprint density at radius 2 is 2.33 bits per heavy atom. The van der Waals surface area contributed by atoms with Crippen LogP contribution in [0.3, 0.4) is 0 Å². The maximum Gasteiger partial charge on any atom is 0.336 e.